The minimum atomic E-state index is -3.27. The van der Waals surface area contributed by atoms with Crippen molar-refractivity contribution in [2.24, 2.45) is 11.8 Å². The molecule has 1 aliphatic heterocycles. The van der Waals surface area contributed by atoms with Gasteiger partial charge in [0, 0.05) is 20.6 Å². The third-order valence-corrected chi connectivity index (χ3v) is 4.49. The second-order valence-corrected chi connectivity index (χ2v) is 6.34. The van der Waals surface area contributed by atoms with Gasteiger partial charge in [-0.05, 0) is 31.3 Å². The maximum Gasteiger partial charge on any atom is 0.278 e. The molecule has 1 aliphatic rings. The second kappa shape index (κ2) is 5.25. The normalized spacial score (nSPS) is 28.3. The lowest BCUT2D eigenvalue weighted by Gasteiger charge is -2.29. The monoisotopic (exact) mass is 235 g/mol. The van der Waals surface area contributed by atoms with Gasteiger partial charge in [0.15, 0.2) is 0 Å². The van der Waals surface area contributed by atoms with Gasteiger partial charge in [-0.25, -0.2) is 4.72 Å². The number of rotatable bonds is 4. The summed E-state index contributed by atoms with van der Waals surface area (Å²) in [6.07, 6.45) is 1.12. The molecule has 0 aromatic heterocycles. The summed E-state index contributed by atoms with van der Waals surface area (Å²) in [6, 6.07) is 0. The van der Waals surface area contributed by atoms with Crippen molar-refractivity contribution in [2.45, 2.75) is 13.3 Å². The van der Waals surface area contributed by atoms with Crippen LogP contribution in [0.4, 0.5) is 0 Å². The van der Waals surface area contributed by atoms with Crippen LogP contribution < -0.4 is 10.0 Å². The van der Waals surface area contributed by atoms with Gasteiger partial charge in [-0.15, -0.1) is 0 Å². The largest absolute Gasteiger partial charge is 0.316 e. The highest BCUT2D eigenvalue weighted by atomic mass is 32.2. The molecule has 2 atom stereocenters. The molecule has 2 N–H and O–H groups in total. The van der Waals surface area contributed by atoms with Gasteiger partial charge in [0.05, 0.1) is 0 Å². The molecule has 1 heterocycles. The van der Waals surface area contributed by atoms with E-state index in [4.69, 9.17) is 0 Å². The Morgan fingerprint density at radius 3 is 2.67 bits per heavy atom. The fourth-order valence-corrected chi connectivity index (χ4v) is 2.35. The van der Waals surface area contributed by atoms with E-state index in [-0.39, 0.29) is 0 Å². The predicted octanol–water partition coefficient (Wildman–Crippen LogP) is -0.372. The molecule has 0 radical (unpaired) electrons. The molecule has 90 valence electrons. The molecule has 1 saturated heterocycles. The van der Waals surface area contributed by atoms with E-state index in [1.54, 1.807) is 0 Å². The first-order chi connectivity index (χ1) is 6.93. The van der Waals surface area contributed by atoms with E-state index in [9.17, 15) is 8.42 Å². The smallest absolute Gasteiger partial charge is 0.278 e. The Hall–Kier alpha value is -0.170. The highest BCUT2D eigenvalue weighted by Gasteiger charge is 2.23. The third kappa shape index (κ3) is 3.71. The van der Waals surface area contributed by atoms with Crippen LogP contribution in [0.25, 0.3) is 0 Å². The SMILES string of the molecule is CC1CCNCC1CNS(=O)(=O)N(C)C. The summed E-state index contributed by atoms with van der Waals surface area (Å²) < 4.78 is 26.8. The Balaban J connectivity index is 2.42. The van der Waals surface area contributed by atoms with Gasteiger partial charge in [0.1, 0.15) is 0 Å². The second-order valence-electron chi connectivity index (χ2n) is 4.37. The van der Waals surface area contributed by atoms with Crippen LogP contribution >= 0.6 is 0 Å². The molecule has 0 spiro atoms. The topological polar surface area (TPSA) is 61.4 Å². The van der Waals surface area contributed by atoms with E-state index in [0.717, 1.165) is 19.5 Å². The Bertz CT molecular complexity index is 290. The molecule has 5 nitrogen and oxygen atoms in total. The quantitative estimate of drug-likeness (QED) is 0.699. The lowest BCUT2D eigenvalue weighted by Crippen LogP contribution is -2.44. The first kappa shape index (κ1) is 12.9. The molecule has 0 aliphatic carbocycles. The fraction of sp³-hybridized carbons (Fsp3) is 1.00. The minimum Gasteiger partial charge on any atom is -0.316 e. The average Bonchev–Trinajstić information content (AvgIpc) is 2.16. The van der Waals surface area contributed by atoms with Crippen molar-refractivity contribution in [3.8, 4) is 0 Å². The molecular weight excluding hydrogens is 214 g/mol. The van der Waals surface area contributed by atoms with E-state index < -0.39 is 10.2 Å². The van der Waals surface area contributed by atoms with Crippen LogP contribution in [0.15, 0.2) is 0 Å². The van der Waals surface area contributed by atoms with Crippen LogP contribution in [0, 0.1) is 11.8 Å². The van der Waals surface area contributed by atoms with Gasteiger partial charge in [-0.2, -0.15) is 12.7 Å². The lowest BCUT2D eigenvalue weighted by molar-refractivity contribution is 0.274. The van der Waals surface area contributed by atoms with Crippen molar-refractivity contribution in [2.75, 3.05) is 33.7 Å². The Labute approximate surface area is 92.4 Å². The lowest BCUT2D eigenvalue weighted by atomic mass is 9.88. The predicted molar refractivity (Wildman–Crippen MR) is 60.8 cm³/mol. The van der Waals surface area contributed by atoms with Crippen molar-refractivity contribution in [3.63, 3.8) is 0 Å². The Kier molecular flexibility index (Phi) is 4.51. The molecule has 1 rings (SSSR count). The molecule has 0 aromatic rings. The maximum absolute atomic E-state index is 11.5. The molecule has 0 saturated carbocycles. The van der Waals surface area contributed by atoms with Crippen LogP contribution in [-0.4, -0.2) is 46.5 Å². The molecule has 2 unspecified atom stereocenters. The van der Waals surface area contributed by atoms with E-state index in [1.807, 2.05) is 0 Å². The van der Waals surface area contributed by atoms with Gasteiger partial charge < -0.3 is 5.32 Å². The Morgan fingerprint density at radius 2 is 2.13 bits per heavy atom. The highest BCUT2D eigenvalue weighted by molar-refractivity contribution is 7.87. The van der Waals surface area contributed by atoms with Gasteiger partial charge in [0.2, 0.25) is 0 Å². The standard InChI is InChI=1S/C9H21N3O2S/c1-8-4-5-10-6-9(8)7-11-15(13,14)12(2)3/h8-11H,4-7H2,1-3H3. The number of nitrogens with one attached hydrogen (secondary N) is 2. The number of hydrogen-bond acceptors (Lipinski definition) is 3. The van der Waals surface area contributed by atoms with E-state index >= 15 is 0 Å². The molecule has 15 heavy (non-hydrogen) atoms. The summed E-state index contributed by atoms with van der Waals surface area (Å²) >= 11 is 0. The zero-order valence-corrected chi connectivity index (χ0v) is 10.5. The number of piperidine rings is 1. The number of hydrogen-bond donors (Lipinski definition) is 2. The Morgan fingerprint density at radius 1 is 1.47 bits per heavy atom. The van der Waals surface area contributed by atoms with Crippen molar-refractivity contribution in [1.82, 2.24) is 14.3 Å². The summed E-state index contributed by atoms with van der Waals surface area (Å²) in [5.41, 5.74) is 0. The summed E-state index contributed by atoms with van der Waals surface area (Å²) in [7, 11) is -0.200. The zero-order chi connectivity index (χ0) is 11.5. The average molecular weight is 235 g/mol. The third-order valence-electron chi connectivity index (χ3n) is 3.00. The summed E-state index contributed by atoms with van der Waals surface area (Å²) in [6.45, 7) is 4.64. The van der Waals surface area contributed by atoms with Crippen molar-refractivity contribution < 1.29 is 8.42 Å². The zero-order valence-electron chi connectivity index (χ0n) is 9.66. The molecule has 0 aromatic carbocycles. The van der Waals surface area contributed by atoms with Crippen LogP contribution in [-0.2, 0) is 10.2 Å². The van der Waals surface area contributed by atoms with Gasteiger partial charge in [-0.3, -0.25) is 0 Å². The van der Waals surface area contributed by atoms with Crippen molar-refractivity contribution in [1.29, 1.82) is 0 Å². The maximum atomic E-state index is 11.5. The fourth-order valence-electron chi connectivity index (χ4n) is 1.67. The highest BCUT2D eigenvalue weighted by Crippen LogP contribution is 2.17. The molecule has 0 bridgehead atoms. The van der Waals surface area contributed by atoms with Crippen molar-refractivity contribution >= 4 is 10.2 Å². The minimum absolute atomic E-state index is 0.397. The summed E-state index contributed by atoms with van der Waals surface area (Å²) in [5, 5.41) is 3.28. The van der Waals surface area contributed by atoms with Gasteiger partial charge in [-0.1, -0.05) is 6.92 Å². The summed E-state index contributed by atoms with van der Waals surface area (Å²) in [4.78, 5) is 0. The van der Waals surface area contributed by atoms with Crippen LogP contribution in [0.2, 0.25) is 0 Å². The van der Waals surface area contributed by atoms with Crippen LogP contribution in [0.1, 0.15) is 13.3 Å². The summed E-state index contributed by atoms with van der Waals surface area (Å²) in [5.74, 6) is 0.976. The molecule has 0 amide bonds. The molecular formula is C9H21N3O2S. The first-order valence-electron chi connectivity index (χ1n) is 5.31. The number of nitrogens with zero attached hydrogens (tertiary/aromatic N) is 1. The van der Waals surface area contributed by atoms with E-state index in [2.05, 4.69) is 17.0 Å². The van der Waals surface area contributed by atoms with Crippen molar-refractivity contribution in [3.05, 3.63) is 0 Å². The van der Waals surface area contributed by atoms with Crippen LogP contribution in [0.3, 0.4) is 0 Å². The first-order valence-corrected chi connectivity index (χ1v) is 6.75. The van der Waals surface area contributed by atoms with Crippen LogP contribution in [0.5, 0.6) is 0 Å². The van der Waals surface area contributed by atoms with E-state index in [0.29, 0.717) is 18.4 Å². The van der Waals surface area contributed by atoms with Gasteiger partial charge >= 0.3 is 0 Å². The molecule has 6 heteroatoms. The van der Waals surface area contributed by atoms with E-state index in [1.165, 1.54) is 18.4 Å². The molecule has 1 fully saturated rings. The van der Waals surface area contributed by atoms with Gasteiger partial charge in [0.25, 0.3) is 10.2 Å².